The molecule has 0 aromatic carbocycles. The van der Waals surface area contributed by atoms with Gasteiger partial charge in [0.1, 0.15) is 0 Å². The van der Waals surface area contributed by atoms with Crippen LogP contribution in [0.3, 0.4) is 0 Å². The average molecular weight is 155 g/mol. The Morgan fingerprint density at radius 2 is 2.00 bits per heavy atom. The fourth-order valence-corrected chi connectivity index (χ4v) is 1.17. The third-order valence-corrected chi connectivity index (χ3v) is 1.74. The van der Waals surface area contributed by atoms with E-state index >= 15 is 0 Å². The molecule has 1 heterocycles. The van der Waals surface area contributed by atoms with Crippen LogP contribution in [0.5, 0.6) is 0 Å². The smallest absolute Gasteiger partial charge is 0.339 e. The van der Waals surface area contributed by atoms with Crippen molar-refractivity contribution in [2.45, 2.75) is 19.3 Å². The lowest BCUT2D eigenvalue weighted by molar-refractivity contribution is 0.256. The standard InChI is InChI=1S/C7H13N3O/c8-7(11)9-6-10-4-2-1-3-5-10/h6H,1-5H2,(H2,8,11)/b9-6+. The van der Waals surface area contributed by atoms with Crippen molar-refractivity contribution in [2.24, 2.45) is 10.7 Å². The Kier molecular flexibility index (Phi) is 2.89. The summed E-state index contributed by atoms with van der Waals surface area (Å²) in [6.07, 6.45) is 5.19. The minimum Gasteiger partial charge on any atom is -0.362 e. The van der Waals surface area contributed by atoms with Crippen LogP contribution in [0.2, 0.25) is 0 Å². The van der Waals surface area contributed by atoms with Gasteiger partial charge in [-0.15, -0.1) is 0 Å². The van der Waals surface area contributed by atoms with Crippen LogP contribution >= 0.6 is 0 Å². The minimum atomic E-state index is -0.615. The summed E-state index contributed by atoms with van der Waals surface area (Å²) >= 11 is 0. The quantitative estimate of drug-likeness (QED) is 0.444. The molecule has 4 nitrogen and oxygen atoms in total. The summed E-state index contributed by atoms with van der Waals surface area (Å²) in [5.74, 6) is 0. The van der Waals surface area contributed by atoms with Crippen LogP contribution in [0.4, 0.5) is 4.79 Å². The minimum absolute atomic E-state index is 0.615. The summed E-state index contributed by atoms with van der Waals surface area (Å²) in [5.41, 5.74) is 4.85. The van der Waals surface area contributed by atoms with Crippen LogP contribution in [0.15, 0.2) is 4.99 Å². The first kappa shape index (κ1) is 8.04. The van der Waals surface area contributed by atoms with E-state index in [1.54, 1.807) is 6.34 Å². The number of aliphatic imine (C=N–C) groups is 1. The van der Waals surface area contributed by atoms with Crippen LogP contribution in [0, 0.1) is 0 Å². The number of carbonyl (C=O) groups is 1. The number of nitrogens with zero attached hydrogens (tertiary/aromatic N) is 2. The molecular formula is C7H13N3O. The molecule has 1 fully saturated rings. The Labute approximate surface area is 66.1 Å². The molecule has 1 rings (SSSR count). The Hall–Kier alpha value is -1.06. The second kappa shape index (κ2) is 3.95. The summed E-state index contributed by atoms with van der Waals surface area (Å²) in [6.45, 7) is 1.99. The zero-order valence-corrected chi connectivity index (χ0v) is 6.49. The van der Waals surface area contributed by atoms with Gasteiger partial charge in [-0.1, -0.05) is 0 Å². The van der Waals surface area contributed by atoms with Crippen molar-refractivity contribution >= 4 is 12.4 Å². The summed E-state index contributed by atoms with van der Waals surface area (Å²) in [5, 5.41) is 0. The second-order valence-electron chi connectivity index (χ2n) is 2.68. The Bertz CT molecular complexity index is 161. The van der Waals surface area contributed by atoms with E-state index in [9.17, 15) is 4.79 Å². The fourth-order valence-electron chi connectivity index (χ4n) is 1.17. The van der Waals surface area contributed by atoms with E-state index in [1.807, 2.05) is 4.90 Å². The highest BCUT2D eigenvalue weighted by molar-refractivity contribution is 5.81. The number of hydrogen-bond donors (Lipinski definition) is 1. The van der Waals surface area contributed by atoms with Crippen molar-refractivity contribution in [3.8, 4) is 0 Å². The monoisotopic (exact) mass is 155 g/mol. The van der Waals surface area contributed by atoms with Crippen LogP contribution in [0.25, 0.3) is 0 Å². The molecule has 2 N–H and O–H groups in total. The summed E-state index contributed by atoms with van der Waals surface area (Å²) in [6, 6.07) is -0.615. The molecule has 0 aromatic rings. The fraction of sp³-hybridized carbons (Fsp3) is 0.714. The second-order valence-corrected chi connectivity index (χ2v) is 2.68. The molecule has 11 heavy (non-hydrogen) atoms. The molecule has 0 bridgehead atoms. The van der Waals surface area contributed by atoms with Gasteiger partial charge in [-0.05, 0) is 19.3 Å². The highest BCUT2D eigenvalue weighted by Gasteiger charge is 2.05. The Balaban J connectivity index is 2.29. The first-order valence-electron chi connectivity index (χ1n) is 3.87. The van der Waals surface area contributed by atoms with Crippen LogP contribution in [-0.2, 0) is 0 Å². The zero-order valence-electron chi connectivity index (χ0n) is 6.49. The maximum Gasteiger partial charge on any atom is 0.339 e. The average Bonchev–Trinajstić information content (AvgIpc) is 2.03. The molecule has 4 heteroatoms. The number of rotatable bonds is 1. The van der Waals surface area contributed by atoms with Gasteiger partial charge in [-0.2, -0.15) is 4.99 Å². The van der Waals surface area contributed by atoms with E-state index in [1.165, 1.54) is 19.3 Å². The van der Waals surface area contributed by atoms with Gasteiger partial charge in [0.05, 0.1) is 6.34 Å². The first-order valence-corrected chi connectivity index (χ1v) is 3.87. The van der Waals surface area contributed by atoms with Crippen molar-refractivity contribution in [2.75, 3.05) is 13.1 Å². The number of primary amides is 1. The molecule has 0 atom stereocenters. The molecule has 0 unspecified atom stereocenters. The molecule has 1 saturated heterocycles. The van der Waals surface area contributed by atoms with E-state index in [0.29, 0.717) is 0 Å². The highest BCUT2D eigenvalue weighted by atomic mass is 16.2. The lowest BCUT2D eigenvalue weighted by Crippen LogP contribution is -2.28. The van der Waals surface area contributed by atoms with Gasteiger partial charge in [0.15, 0.2) is 0 Å². The van der Waals surface area contributed by atoms with Gasteiger partial charge in [-0.25, -0.2) is 4.79 Å². The van der Waals surface area contributed by atoms with Gasteiger partial charge in [0.25, 0.3) is 0 Å². The predicted octanol–water partition coefficient (Wildman–Crippen LogP) is 0.579. The SMILES string of the molecule is NC(=O)/N=C/N1CCCCC1. The van der Waals surface area contributed by atoms with E-state index in [4.69, 9.17) is 5.73 Å². The number of piperidine rings is 1. The van der Waals surface area contributed by atoms with Crippen LogP contribution < -0.4 is 5.73 Å². The van der Waals surface area contributed by atoms with Crippen molar-refractivity contribution in [1.82, 2.24) is 4.90 Å². The number of nitrogens with two attached hydrogens (primary N) is 1. The molecule has 0 spiro atoms. The van der Waals surface area contributed by atoms with Gasteiger partial charge in [-0.3, -0.25) is 0 Å². The molecule has 0 saturated carbocycles. The maximum absolute atomic E-state index is 10.2. The third kappa shape index (κ3) is 3.02. The van der Waals surface area contributed by atoms with E-state index in [-0.39, 0.29) is 0 Å². The lowest BCUT2D eigenvalue weighted by atomic mass is 10.1. The van der Waals surface area contributed by atoms with Gasteiger partial charge >= 0.3 is 6.03 Å². The Morgan fingerprint density at radius 3 is 2.55 bits per heavy atom. The molecule has 1 aliphatic heterocycles. The number of likely N-dealkylation sites (tertiary alicyclic amines) is 1. The number of carbonyl (C=O) groups excluding carboxylic acids is 1. The van der Waals surface area contributed by atoms with Crippen molar-refractivity contribution < 1.29 is 4.79 Å². The van der Waals surface area contributed by atoms with Gasteiger partial charge < -0.3 is 10.6 Å². The normalized spacial score (nSPS) is 19.1. The predicted molar refractivity (Wildman–Crippen MR) is 43.5 cm³/mol. The van der Waals surface area contributed by atoms with Gasteiger partial charge in [0.2, 0.25) is 0 Å². The largest absolute Gasteiger partial charge is 0.362 e. The number of hydrogen-bond acceptors (Lipinski definition) is 1. The molecule has 2 amide bonds. The van der Waals surface area contributed by atoms with E-state index in [2.05, 4.69) is 4.99 Å². The molecule has 62 valence electrons. The topological polar surface area (TPSA) is 58.7 Å². The summed E-state index contributed by atoms with van der Waals surface area (Å²) < 4.78 is 0. The summed E-state index contributed by atoms with van der Waals surface area (Å²) in [4.78, 5) is 15.7. The molecule has 0 radical (unpaired) electrons. The maximum atomic E-state index is 10.2. The first-order chi connectivity index (χ1) is 5.29. The molecule has 0 aromatic heterocycles. The third-order valence-electron chi connectivity index (χ3n) is 1.74. The molecule has 1 aliphatic rings. The van der Waals surface area contributed by atoms with E-state index < -0.39 is 6.03 Å². The Morgan fingerprint density at radius 1 is 1.36 bits per heavy atom. The number of amides is 2. The van der Waals surface area contributed by atoms with Crippen LogP contribution in [-0.4, -0.2) is 30.4 Å². The van der Waals surface area contributed by atoms with Crippen LogP contribution in [0.1, 0.15) is 19.3 Å². The van der Waals surface area contributed by atoms with Gasteiger partial charge in [0, 0.05) is 13.1 Å². The van der Waals surface area contributed by atoms with Crippen molar-refractivity contribution in [3.63, 3.8) is 0 Å². The zero-order chi connectivity index (χ0) is 8.10. The summed E-state index contributed by atoms with van der Waals surface area (Å²) in [7, 11) is 0. The molecule has 0 aliphatic carbocycles. The molecular weight excluding hydrogens is 142 g/mol. The highest BCUT2D eigenvalue weighted by Crippen LogP contribution is 2.05. The number of urea groups is 1. The van der Waals surface area contributed by atoms with Crippen molar-refractivity contribution in [1.29, 1.82) is 0 Å². The van der Waals surface area contributed by atoms with E-state index in [0.717, 1.165) is 13.1 Å². The lowest BCUT2D eigenvalue weighted by Gasteiger charge is -2.23. The van der Waals surface area contributed by atoms with Crippen molar-refractivity contribution in [3.05, 3.63) is 0 Å².